The fourth-order valence-electron chi connectivity index (χ4n) is 1.11. The minimum atomic E-state index is -0.826. The summed E-state index contributed by atoms with van der Waals surface area (Å²) in [6, 6.07) is 0. The maximum atomic E-state index is 10.9. The van der Waals surface area contributed by atoms with Crippen molar-refractivity contribution in [2.75, 3.05) is 20.1 Å². The van der Waals surface area contributed by atoms with Crippen LogP contribution in [-0.2, 0) is 0 Å². The number of nitrogens with zero attached hydrogens (tertiary/aromatic N) is 1. The molecule has 0 aromatic rings. The molecule has 0 radical (unpaired) electrons. The van der Waals surface area contributed by atoms with E-state index in [4.69, 9.17) is 10.2 Å². The monoisotopic (exact) mass is 133 g/mol. The van der Waals surface area contributed by atoms with E-state index in [2.05, 4.69) is 0 Å². The molecule has 2 atom stereocenters. The summed E-state index contributed by atoms with van der Waals surface area (Å²) in [5, 5.41) is 28.7. The van der Waals surface area contributed by atoms with Gasteiger partial charge in [-0.3, -0.25) is 0 Å². The molecule has 1 fully saturated rings. The van der Waals surface area contributed by atoms with Crippen LogP contribution in [0.2, 0.25) is 0 Å². The summed E-state index contributed by atoms with van der Waals surface area (Å²) in [5.74, 6) is 0. The van der Waals surface area contributed by atoms with Crippen molar-refractivity contribution in [3.8, 4) is 0 Å². The molecule has 0 aromatic carbocycles. The van der Waals surface area contributed by atoms with Gasteiger partial charge in [0.05, 0.1) is 7.05 Å². The lowest BCUT2D eigenvalue weighted by Crippen LogP contribution is -2.35. The molecule has 2 N–H and O–H groups in total. The van der Waals surface area contributed by atoms with E-state index in [0.29, 0.717) is 0 Å². The molecule has 1 rings (SSSR count). The second-order valence-corrected chi connectivity index (χ2v) is 2.80. The van der Waals surface area contributed by atoms with Crippen LogP contribution < -0.4 is 0 Å². The topological polar surface area (TPSA) is 63.5 Å². The molecule has 0 saturated carbocycles. The minimum absolute atomic E-state index is 0.112. The van der Waals surface area contributed by atoms with Gasteiger partial charge in [-0.2, -0.15) is 0 Å². The number of hydrogen-bond acceptors (Lipinski definition) is 3. The Kier molecular flexibility index (Phi) is 1.48. The van der Waals surface area contributed by atoms with E-state index < -0.39 is 16.9 Å². The Morgan fingerprint density at radius 2 is 1.67 bits per heavy atom. The van der Waals surface area contributed by atoms with Gasteiger partial charge in [0.15, 0.2) is 0 Å². The van der Waals surface area contributed by atoms with Crippen LogP contribution in [0.15, 0.2) is 0 Å². The quantitative estimate of drug-likeness (QED) is 0.318. The van der Waals surface area contributed by atoms with Gasteiger partial charge in [0, 0.05) is 0 Å². The van der Waals surface area contributed by atoms with E-state index >= 15 is 0 Å². The zero-order valence-corrected chi connectivity index (χ0v) is 5.32. The van der Waals surface area contributed by atoms with Gasteiger partial charge in [-0.1, -0.05) is 0 Å². The standard InChI is InChI=1S/C5H11NO3/c1-6(9)2-4(7)5(8)3-6/h4-5,7-8H,2-3H2,1H3/t4-,5-/m0/s1. The molecular weight excluding hydrogens is 122 g/mol. The van der Waals surface area contributed by atoms with Gasteiger partial charge in [0.1, 0.15) is 25.3 Å². The number of quaternary nitrogens is 1. The van der Waals surface area contributed by atoms with Gasteiger partial charge in [0.2, 0.25) is 0 Å². The van der Waals surface area contributed by atoms with Crippen LogP contribution in [0.4, 0.5) is 0 Å². The number of rotatable bonds is 0. The lowest BCUT2D eigenvalue weighted by atomic mass is 10.3. The summed E-state index contributed by atoms with van der Waals surface area (Å²) in [6.07, 6.45) is -1.65. The van der Waals surface area contributed by atoms with E-state index in [1.165, 1.54) is 7.05 Å². The minimum Gasteiger partial charge on any atom is -0.633 e. The number of aliphatic hydroxyl groups is 2. The van der Waals surface area contributed by atoms with Crippen molar-refractivity contribution in [3.63, 3.8) is 0 Å². The highest BCUT2D eigenvalue weighted by Crippen LogP contribution is 2.14. The molecule has 0 aliphatic carbocycles. The fraction of sp³-hybridized carbons (Fsp3) is 1.00. The number of aliphatic hydroxyl groups excluding tert-OH is 2. The molecule has 1 aliphatic rings. The molecule has 9 heavy (non-hydrogen) atoms. The average Bonchev–Trinajstić information content (AvgIpc) is 1.79. The van der Waals surface area contributed by atoms with Gasteiger partial charge in [0.25, 0.3) is 0 Å². The van der Waals surface area contributed by atoms with Crippen molar-refractivity contribution >= 4 is 0 Å². The van der Waals surface area contributed by atoms with Crippen molar-refractivity contribution in [3.05, 3.63) is 5.21 Å². The molecule has 0 unspecified atom stereocenters. The second kappa shape index (κ2) is 1.91. The maximum absolute atomic E-state index is 10.9. The van der Waals surface area contributed by atoms with Crippen molar-refractivity contribution in [1.29, 1.82) is 0 Å². The third-order valence-electron chi connectivity index (χ3n) is 1.59. The molecule has 54 valence electrons. The molecular formula is C5H11NO3. The first-order valence-electron chi connectivity index (χ1n) is 2.93. The summed E-state index contributed by atoms with van der Waals surface area (Å²) in [7, 11) is 1.44. The Morgan fingerprint density at radius 3 is 1.78 bits per heavy atom. The summed E-state index contributed by atoms with van der Waals surface area (Å²) >= 11 is 0. The molecule has 0 spiro atoms. The summed E-state index contributed by atoms with van der Waals surface area (Å²) in [6.45, 7) is 0.225. The third kappa shape index (κ3) is 1.40. The van der Waals surface area contributed by atoms with Crippen molar-refractivity contribution in [1.82, 2.24) is 0 Å². The second-order valence-electron chi connectivity index (χ2n) is 2.80. The highest BCUT2D eigenvalue weighted by Gasteiger charge is 2.34. The van der Waals surface area contributed by atoms with Crippen LogP contribution in [0.1, 0.15) is 0 Å². The van der Waals surface area contributed by atoms with Gasteiger partial charge in [-0.15, -0.1) is 0 Å². The molecule has 0 aromatic heterocycles. The number of hydrogen-bond donors (Lipinski definition) is 2. The first-order chi connectivity index (χ1) is 4.01. The molecule has 0 amide bonds. The van der Waals surface area contributed by atoms with Crippen LogP contribution in [0.3, 0.4) is 0 Å². The van der Waals surface area contributed by atoms with Gasteiger partial charge in [-0.25, -0.2) is 0 Å². The largest absolute Gasteiger partial charge is 0.633 e. The van der Waals surface area contributed by atoms with Gasteiger partial charge in [-0.05, 0) is 0 Å². The Hall–Kier alpha value is -0.160. The normalized spacial score (nSPS) is 41.3. The Balaban J connectivity index is 2.54. The summed E-state index contributed by atoms with van der Waals surface area (Å²) in [5.41, 5.74) is 0. The van der Waals surface area contributed by atoms with Crippen molar-refractivity contribution in [2.45, 2.75) is 12.2 Å². The van der Waals surface area contributed by atoms with Gasteiger partial charge < -0.3 is 20.1 Å². The zero-order valence-electron chi connectivity index (χ0n) is 5.32. The number of likely N-dealkylation sites (tertiary alicyclic amines) is 1. The molecule has 1 saturated heterocycles. The smallest absolute Gasteiger partial charge is 0.134 e. The SMILES string of the molecule is C[N+]1([O-])C[C@H](O)[C@@H](O)C1. The average molecular weight is 133 g/mol. The summed E-state index contributed by atoms with van der Waals surface area (Å²) in [4.78, 5) is 0. The first-order valence-corrected chi connectivity index (χ1v) is 2.93. The van der Waals surface area contributed by atoms with E-state index in [0.717, 1.165) is 0 Å². The highest BCUT2D eigenvalue weighted by molar-refractivity contribution is 4.73. The molecule has 0 bridgehead atoms. The molecule has 1 aliphatic heterocycles. The highest BCUT2D eigenvalue weighted by atomic mass is 16.6. The Labute approximate surface area is 53.5 Å². The predicted octanol–water partition coefficient (Wildman–Crippen LogP) is -1.33. The van der Waals surface area contributed by atoms with Crippen LogP contribution >= 0.6 is 0 Å². The van der Waals surface area contributed by atoms with Crippen LogP contribution in [0.5, 0.6) is 0 Å². The van der Waals surface area contributed by atoms with E-state index in [1.807, 2.05) is 0 Å². The van der Waals surface area contributed by atoms with Crippen molar-refractivity contribution < 1.29 is 14.9 Å². The zero-order chi connectivity index (χ0) is 7.07. The van der Waals surface area contributed by atoms with Crippen molar-refractivity contribution in [2.24, 2.45) is 0 Å². The lowest BCUT2D eigenvalue weighted by Gasteiger charge is -2.32. The van der Waals surface area contributed by atoms with Crippen LogP contribution in [0.25, 0.3) is 0 Å². The predicted molar refractivity (Wildman–Crippen MR) is 31.3 cm³/mol. The lowest BCUT2D eigenvalue weighted by molar-refractivity contribution is -0.850. The maximum Gasteiger partial charge on any atom is 0.134 e. The third-order valence-corrected chi connectivity index (χ3v) is 1.59. The number of likely N-dealkylation sites (N-methyl/N-ethyl adjacent to an activating group) is 1. The molecule has 1 heterocycles. The van der Waals surface area contributed by atoms with Crippen LogP contribution in [0, 0.1) is 5.21 Å². The fourth-order valence-corrected chi connectivity index (χ4v) is 1.11. The Bertz CT molecular complexity index is 103. The number of hydroxylamine groups is 3. The molecule has 4 nitrogen and oxygen atoms in total. The van der Waals surface area contributed by atoms with E-state index in [9.17, 15) is 5.21 Å². The Morgan fingerprint density at radius 1 is 1.33 bits per heavy atom. The van der Waals surface area contributed by atoms with E-state index in [-0.39, 0.29) is 13.1 Å². The first kappa shape index (κ1) is 6.95. The molecule has 4 heteroatoms. The van der Waals surface area contributed by atoms with Crippen LogP contribution in [-0.4, -0.2) is 47.2 Å². The van der Waals surface area contributed by atoms with E-state index in [1.54, 1.807) is 0 Å². The summed E-state index contributed by atoms with van der Waals surface area (Å²) < 4.78 is -0.525. The van der Waals surface area contributed by atoms with Gasteiger partial charge >= 0.3 is 0 Å².